The van der Waals surface area contributed by atoms with Crippen molar-refractivity contribution in [2.75, 3.05) is 11.4 Å². The van der Waals surface area contributed by atoms with E-state index < -0.39 is 0 Å². The molecular weight excluding hydrogens is 288 g/mol. The van der Waals surface area contributed by atoms with Crippen LogP contribution in [0.4, 0.5) is 5.69 Å². The van der Waals surface area contributed by atoms with Gasteiger partial charge in [0.05, 0.1) is 0 Å². The standard InChI is InChI=1S/C19H26N2O2/c1-14-13-16-7-3-6-10-18(16)21(14)19(23)11-12-20(15(2)22)17-8-4-5-9-17/h3,6-7,10,14,17H,4-5,8-9,11-13H2,1-2H3. The summed E-state index contributed by atoms with van der Waals surface area (Å²) in [5.74, 6) is 0.228. The molecule has 1 saturated carbocycles. The summed E-state index contributed by atoms with van der Waals surface area (Å²) in [5, 5.41) is 0. The van der Waals surface area contributed by atoms with Gasteiger partial charge >= 0.3 is 0 Å². The van der Waals surface area contributed by atoms with Crippen molar-refractivity contribution in [1.29, 1.82) is 0 Å². The van der Waals surface area contributed by atoms with Gasteiger partial charge in [0, 0.05) is 37.7 Å². The molecule has 0 spiro atoms. The molecule has 0 N–H and O–H groups in total. The van der Waals surface area contributed by atoms with Gasteiger partial charge in [0.2, 0.25) is 11.8 Å². The third kappa shape index (κ3) is 3.26. The highest BCUT2D eigenvalue weighted by atomic mass is 16.2. The Balaban J connectivity index is 1.66. The summed E-state index contributed by atoms with van der Waals surface area (Å²) in [5.41, 5.74) is 2.29. The van der Waals surface area contributed by atoms with Gasteiger partial charge < -0.3 is 9.80 Å². The lowest BCUT2D eigenvalue weighted by Crippen LogP contribution is -2.42. The molecule has 4 nitrogen and oxygen atoms in total. The molecule has 23 heavy (non-hydrogen) atoms. The molecule has 1 aliphatic carbocycles. The number of carbonyl (C=O) groups excluding carboxylic acids is 2. The summed E-state index contributed by atoms with van der Waals surface area (Å²) in [4.78, 5) is 28.5. The van der Waals surface area contributed by atoms with Gasteiger partial charge in [0.25, 0.3) is 0 Å². The van der Waals surface area contributed by atoms with Crippen LogP contribution >= 0.6 is 0 Å². The van der Waals surface area contributed by atoms with Crippen molar-refractivity contribution >= 4 is 17.5 Å². The number of fused-ring (bicyclic) bond motifs is 1. The third-order valence-corrected chi connectivity index (χ3v) is 5.21. The number of anilines is 1. The topological polar surface area (TPSA) is 40.6 Å². The molecule has 2 aliphatic rings. The van der Waals surface area contributed by atoms with Crippen molar-refractivity contribution in [3.8, 4) is 0 Å². The second-order valence-corrected chi connectivity index (χ2v) is 6.85. The fourth-order valence-electron chi connectivity index (χ4n) is 4.10. The smallest absolute Gasteiger partial charge is 0.229 e. The van der Waals surface area contributed by atoms with E-state index >= 15 is 0 Å². The van der Waals surface area contributed by atoms with Crippen LogP contribution in [-0.2, 0) is 16.0 Å². The Bertz CT molecular complexity index is 593. The first-order valence-electron chi connectivity index (χ1n) is 8.75. The maximum absolute atomic E-state index is 12.7. The van der Waals surface area contributed by atoms with Gasteiger partial charge in [-0.2, -0.15) is 0 Å². The second kappa shape index (κ2) is 6.73. The molecule has 1 aliphatic heterocycles. The Hall–Kier alpha value is -1.84. The van der Waals surface area contributed by atoms with Crippen molar-refractivity contribution in [2.24, 2.45) is 0 Å². The van der Waals surface area contributed by atoms with Crippen LogP contribution in [0.5, 0.6) is 0 Å². The van der Waals surface area contributed by atoms with E-state index in [2.05, 4.69) is 13.0 Å². The lowest BCUT2D eigenvalue weighted by Gasteiger charge is -2.29. The SMILES string of the molecule is CC(=O)N(CCC(=O)N1c2ccccc2CC1C)C1CCCC1. The number of para-hydroxylation sites is 1. The first kappa shape index (κ1) is 16.0. The van der Waals surface area contributed by atoms with Crippen LogP contribution in [0.1, 0.15) is 51.5 Å². The Morgan fingerprint density at radius 3 is 2.61 bits per heavy atom. The predicted molar refractivity (Wildman–Crippen MR) is 91.4 cm³/mol. The molecule has 1 atom stereocenters. The zero-order valence-electron chi connectivity index (χ0n) is 14.1. The quantitative estimate of drug-likeness (QED) is 0.856. The van der Waals surface area contributed by atoms with Crippen molar-refractivity contribution in [3.63, 3.8) is 0 Å². The summed E-state index contributed by atoms with van der Waals surface area (Å²) in [6.45, 7) is 4.26. The van der Waals surface area contributed by atoms with E-state index in [9.17, 15) is 9.59 Å². The number of hydrogen-bond donors (Lipinski definition) is 0. The van der Waals surface area contributed by atoms with Crippen molar-refractivity contribution in [2.45, 2.75) is 64.5 Å². The monoisotopic (exact) mass is 314 g/mol. The van der Waals surface area contributed by atoms with Gasteiger partial charge in [0.1, 0.15) is 0 Å². The molecule has 124 valence electrons. The molecule has 3 rings (SSSR count). The molecule has 0 bridgehead atoms. The third-order valence-electron chi connectivity index (χ3n) is 5.21. The van der Waals surface area contributed by atoms with Crippen molar-refractivity contribution < 1.29 is 9.59 Å². The normalized spacial score (nSPS) is 20.6. The minimum atomic E-state index is 0.0968. The zero-order chi connectivity index (χ0) is 16.4. The first-order valence-corrected chi connectivity index (χ1v) is 8.75. The van der Waals surface area contributed by atoms with Gasteiger partial charge in [-0.05, 0) is 37.8 Å². The number of carbonyl (C=O) groups is 2. The van der Waals surface area contributed by atoms with Gasteiger partial charge in [-0.15, -0.1) is 0 Å². The van der Waals surface area contributed by atoms with Crippen LogP contribution in [0.3, 0.4) is 0 Å². The maximum Gasteiger partial charge on any atom is 0.229 e. The van der Waals surface area contributed by atoms with Gasteiger partial charge in [-0.3, -0.25) is 9.59 Å². The molecule has 0 saturated heterocycles. The number of rotatable bonds is 4. The first-order chi connectivity index (χ1) is 11.1. The number of benzene rings is 1. The van der Waals surface area contributed by atoms with Gasteiger partial charge in [-0.25, -0.2) is 0 Å². The Labute approximate surface area is 138 Å². The Kier molecular flexibility index (Phi) is 4.69. The largest absolute Gasteiger partial charge is 0.339 e. The summed E-state index contributed by atoms with van der Waals surface area (Å²) in [6.07, 6.45) is 5.88. The molecule has 1 aromatic carbocycles. The van der Waals surface area contributed by atoms with E-state index in [1.54, 1.807) is 6.92 Å². The van der Waals surface area contributed by atoms with Gasteiger partial charge in [0.15, 0.2) is 0 Å². The lowest BCUT2D eigenvalue weighted by atomic mass is 10.1. The molecule has 1 aromatic rings. The number of hydrogen-bond acceptors (Lipinski definition) is 2. The van der Waals surface area contributed by atoms with Crippen LogP contribution < -0.4 is 4.90 Å². The van der Waals surface area contributed by atoms with Crippen LogP contribution in [0.2, 0.25) is 0 Å². The fourth-order valence-corrected chi connectivity index (χ4v) is 4.10. The maximum atomic E-state index is 12.7. The minimum absolute atomic E-state index is 0.0968. The molecule has 0 radical (unpaired) electrons. The minimum Gasteiger partial charge on any atom is -0.339 e. The Morgan fingerprint density at radius 1 is 1.22 bits per heavy atom. The van der Waals surface area contributed by atoms with Crippen molar-refractivity contribution in [3.05, 3.63) is 29.8 Å². The summed E-state index contributed by atoms with van der Waals surface area (Å²) < 4.78 is 0. The second-order valence-electron chi connectivity index (χ2n) is 6.85. The summed E-state index contributed by atoms with van der Waals surface area (Å²) >= 11 is 0. The molecule has 2 amide bonds. The van der Waals surface area contributed by atoms with E-state index in [1.807, 2.05) is 28.0 Å². The van der Waals surface area contributed by atoms with E-state index in [0.29, 0.717) is 19.0 Å². The van der Waals surface area contributed by atoms with Crippen molar-refractivity contribution in [1.82, 2.24) is 4.90 Å². The van der Waals surface area contributed by atoms with E-state index in [0.717, 1.165) is 24.9 Å². The summed E-state index contributed by atoms with van der Waals surface area (Å²) in [7, 11) is 0. The molecule has 1 fully saturated rings. The highest BCUT2D eigenvalue weighted by Gasteiger charge is 2.31. The van der Waals surface area contributed by atoms with Crippen LogP contribution in [0, 0.1) is 0 Å². The fraction of sp³-hybridized carbons (Fsp3) is 0.579. The number of nitrogens with zero attached hydrogens (tertiary/aromatic N) is 2. The molecule has 1 unspecified atom stereocenters. The molecular formula is C19H26N2O2. The van der Waals surface area contributed by atoms with Crippen LogP contribution in [-0.4, -0.2) is 35.3 Å². The van der Waals surface area contributed by atoms with E-state index in [1.165, 1.54) is 18.4 Å². The van der Waals surface area contributed by atoms with Crippen LogP contribution in [0.15, 0.2) is 24.3 Å². The lowest BCUT2D eigenvalue weighted by molar-refractivity contribution is -0.131. The molecule has 1 heterocycles. The highest BCUT2D eigenvalue weighted by Crippen LogP contribution is 2.32. The van der Waals surface area contributed by atoms with E-state index in [-0.39, 0.29) is 17.9 Å². The number of amides is 2. The van der Waals surface area contributed by atoms with Gasteiger partial charge in [-0.1, -0.05) is 31.0 Å². The van der Waals surface area contributed by atoms with Crippen LogP contribution in [0.25, 0.3) is 0 Å². The highest BCUT2D eigenvalue weighted by molar-refractivity contribution is 5.96. The summed E-state index contributed by atoms with van der Waals surface area (Å²) in [6, 6.07) is 8.67. The molecule has 0 aromatic heterocycles. The van der Waals surface area contributed by atoms with E-state index in [4.69, 9.17) is 0 Å². The average molecular weight is 314 g/mol. The Morgan fingerprint density at radius 2 is 1.91 bits per heavy atom. The predicted octanol–water partition coefficient (Wildman–Crippen LogP) is 3.15. The molecule has 4 heteroatoms. The zero-order valence-corrected chi connectivity index (χ0v) is 14.1. The average Bonchev–Trinajstić information content (AvgIpc) is 3.13.